The minimum absolute atomic E-state index is 0.0414. The summed E-state index contributed by atoms with van der Waals surface area (Å²) in [4.78, 5) is 40.6. The summed E-state index contributed by atoms with van der Waals surface area (Å²) in [6, 6.07) is 13.1. The smallest absolute Gasteiger partial charge is 0.270 e. The Balaban J connectivity index is 1.69. The first kappa shape index (κ1) is 20.5. The van der Waals surface area contributed by atoms with Crippen LogP contribution in [0, 0.1) is 10.1 Å². The number of thioether (sulfide) groups is 1. The fourth-order valence-corrected chi connectivity index (χ4v) is 3.99. The number of benzene rings is 2. The van der Waals surface area contributed by atoms with Gasteiger partial charge in [-0.25, -0.2) is 4.98 Å². The van der Waals surface area contributed by atoms with Crippen molar-refractivity contribution in [2.24, 2.45) is 0 Å². The summed E-state index contributed by atoms with van der Waals surface area (Å²) in [5.74, 6) is -0.346. The fraction of sp³-hybridized carbons (Fsp3) is 0.143. The van der Waals surface area contributed by atoms with Crippen LogP contribution in [-0.4, -0.2) is 36.2 Å². The Bertz CT molecular complexity index is 1340. The van der Waals surface area contributed by atoms with E-state index in [1.54, 1.807) is 0 Å². The molecule has 0 unspecified atom stereocenters. The number of fused-ring (bicyclic) bond motifs is 1. The van der Waals surface area contributed by atoms with Gasteiger partial charge < -0.3 is 0 Å². The molecule has 0 aliphatic rings. The summed E-state index contributed by atoms with van der Waals surface area (Å²) in [5, 5.41) is 18.2. The number of Topliss-reactive ketones (excluding diaryl/α,β-unsaturated/α-hetero) is 1. The van der Waals surface area contributed by atoms with Crippen molar-refractivity contribution in [2.75, 3.05) is 5.75 Å². The lowest BCUT2D eigenvalue weighted by Crippen LogP contribution is -2.22. The summed E-state index contributed by atoms with van der Waals surface area (Å²) in [7, 11) is 0. The standard InChI is InChI=1S/C21H17N5O4S/c1-2-13-6-8-15(9-7-13)25-20(28)17-11-22-24-19(17)23-21(25)31-12-18(27)14-4-3-5-16(10-14)26(29)30/h3-11H,2,12H2,1H3,(H,22,24). The predicted octanol–water partition coefficient (Wildman–Crippen LogP) is 3.55. The lowest BCUT2D eigenvalue weighted by atomic mass is 10.1. The molecule has 0 aliphatic heterocycles. The van der Waals surface area contributed by atoms with Crippen molar-refractivity contribution in [3.8, 4) is 5.69 Å². The molecule has 0 radical (unpaired) electrons. The Hall–Kier alpha value is -3.79. The average molecular weight is 435 g/mol. The van der Waals surface area contributed by atoms with Crippen LogP contribution in [0.5, 0.6) is 0 Å². The van der Waals surface area contributed by atoms with Crippen LogP contribution in [0.4, 0.5) is 5.69 Å². The third kappa shape index (κ3) is 4.10. The zero-order valence-electron chi connectivity index (χ0n) is 16.4. The number of carbonyl (C=O) groups excluding carboxylic acids is 1. The highest BCUT2D eigenvalue weighted by atomic mass is 32.2. The molecule has 1 N–H and O–H groups in total. The van der Waals surface area contributed by atoms with Crippen LogP contribution in [0.2, 0.25) is 0 Å². The maximum atomic E-state index is 13.1. The quantitative estimate of drug-likeness (QED) is 0.155. The number of hydrogen-bond acceptors (Lipinski definition) is 7. The minimum Gasteiger partial charge on any atom is -0.293 e. The topological polar surface area (TPSA) is 124 Å². The number of nitro benzene ring substituents is 1. The lowest BCUT2D eigenvalue weighted by molar-refractivity contribution is -0.384. The highest BCUT2D eigenvalue weighted by Gasteiger charge is 2.17. The number of nitrogens with zero attached hydrogens (tertiary/aromatic N) is 4. The van der Waals surface area contributed by atoms with Crippen molar-refractivity contribution in [1.29, 1.82) is 0 Å². The van der Waals surface area contributed by atoms with Crippen molar-refractivity contribution in [1.82, 2.24) is 19.7 Å². The number of non-ortho nitro benzene ring substituents is 1. The molecule has 0 atom stereocenters. The molecule has 0 bridgehead atoms. The molecule has 9 nitrogen and oxygen atoms in total. The van der Waals surface area contributed by atoms with Gasteiger partial charge in [0.05, 0.1) is 22.6 Å². The average Bonchev–Trinajstić information content (AvgIpc) is 3.27. The largest absolute Gasteiger partial charge is 0.293 e. The second-order valence-corrected chi connectivity index (χ2v) is 7.65. The third-order valence-corrected chi connectivity index (χ3v) is 5.70. The highest BCUT2D eigenvalue weighted by Crippen LogP contribution is 2.23. The summed E-state index contributed by atoms with van der Waals surface area (Å²) < 4.78 is 1.45. The van der Waals surface area contributed by atoms with Gasteiger partial charge in [0.25, 0.3) is 11.2 Å². The number of H-pyrrole nitrogens is 1. The number of aryl methyl sites for hydroxylation is 1. The maximum Gasteiger partial charge on any atom is 0.270 e. The van der Waals surface area contributed by atoms with E-state index in [0.29, 0.717) is 21.9 Å². The number of aromatic nitrogens is 4. The number of aromatic amines is 1. The SMILES string of the molecule is CCc1ccc(-n2c(SCC(=O)c3cccc([N+](=O)[O-])c3)nc3[nH]ncc3c2=O)cc1. The van der Waals surface area contributed by atoms with Crippen LogP contribution in [0.15, 0.2) is 64.7 Å². The number of carbonyl (C=O) groups is 1. The number of ketones is 1. The van der Waals surface area contributed by atoms with E-state index in [9.17, 15) is 19.7 Å². The molecule has 156 valence electrons. The van der Waals surface area contributed by atoms with Crippen LogP contribution < -0.4 is 5.56 Å². The monoisotopic (exact) mass is 435 g/mol. The Morgan fingerprint density at radius 3 is 2.71 bits per heavy atom. The molecule has 0 spiro atoms. The summed E-state index contributed by atoms with van der Waals surface area (Å²) >= 11 is 1.09. The Kier molecular flexibility index (Phi) is 5.63. The Labute approximate surface area is 180 Å². The van der Waals surface area contributed by atoms with E-state index in [1.807, 2.05) is 31.2 Å². The van der Waals surface area contributed by atoms with Crippen molar-refractivity contribution in [3.05, 3.63) is 86.3 Å². The number of hydrogen-bond donors (Lipinski definition) is 1. The van der Waals surface area contributed by atoms with Gasteiger partial charge >= 0.3 is 0 Å². The minimum atomic E-state index is -0.546. The zero-order valence-corrected chi connectivity index (χ0v) is 17.3. The van der Waals surface area contributed by atoms with Crippen LogP contribution in [0.25, 0.3) is 16.7 Å². The number of nitrogens with one attached hydrogen (secondary N) is 1. The highest BCUT2D eigenvalue weighted by molar-refractivity contribution is 7.99. The van der Waals surface area contributed by atoms with E-state index in [-0.39, 0.29) is 28.3 Å². The number of nitro groups is 1. The van der Waals surface area contributed by atoms with Crippen LogP contribution in [0.3, 0.4) is 0 Å². The molecule has 2 aromatic carbocycles. The van der Waals surface area contributed by atoms with E-state index in [4.69, 9.17) is 0 Å². The Morgan fingerprint density at radius 2 is 2.00 bits per heavy atom. The van der Waals surface area contributed by atoms with Gasteiger partial charge in [-0.3, -0.25) is 29.4 Å². The van der Waals surface area contributed by atoms with Crippen LogP contribution in [0.1, 0.15) is 22.8 Å². The predicted molar refractivity (Wildman–Crippen MR) is 117 cm³/mol. The molecule has 0 saturated carbocycles. The second-order valence-electron chi connectivity index (χ2n) is 6.71. The van der Waals surface area contributed by atoms with E-state index >= 15 is 0 Å². The van der Waals surface area contributed by atoms with E-state index < -0.39 is 4.92 Å². The first-order valence-corrected chi connectivity index (χ1v) is 10.4. The first-order valence-electron chi connectivity index (χ1n) is 9.44. The van der Waals surface area contributed by atoms with Gasteiger partial charge in [-0.1, -0.05) is 43.0 Å². The van der Waals surface area contributed by atoms with Gasteiger partial charge in [0.1, 0.15) is 5.39 Å². The van der Waals surface area contributed by atoms with Gasteiger partial charge in [-0.15, -0.1) is 0 Å². The van der Waals surface area contributed by atoms with Crippen molar-refractivity contribution >= 4 is 34.3 Å². The third-order valence-electron chi connectivity index (χ3n) is 4.77. The molecule has 31 heavy (non-hydrogen) atoms. The molecule has 2 heterocycles. The van der Waals surface area contributed by atoms with Crippen molar-refractivity contribution < 1.29 is 9.72 Å². The molecular formula is C21H17N5O4S. The molecule has 0 fully saturated rings. The molecule has 4 aromatic rings. The van der Waals surface area contributed by atoms with Gasteiger partial charge in [0, 0.05) is 17.7 Å². The Morgan fingerprint density at radius 1 is 1.23 bits per heavy atom. The summed E-state index contributed by atoms with van der Waals surface area (Å²) in [6.07, 6.45) is 2.29. The fourth-order valence-electron chi connectivity index (χ4n) is 3.09. The maximum absolute atomic E-state index is 13.1. The van der Waals surface area contributed by atoms with Gasteiger partial charge in [-0.2, -0.15) is 5.10 Å². The molecule has 10 heteroatoms. The lowest BCUT2D eigenvalue weighted by Gasteiger charge is -2.12. The van der Waals surface area contributed by atoms with Gasteiger partial charge in [-0.05, 0) is 24.1 Å². The van der Waals surface area contributed by atoms with Crippen molar-refractivity contribution in [2.45, 2.75) is 18.5 Å². The first-order chi connectivity index (χ1) is 15.0. The summed E-state index contributed by atoms with van der Waals surface area (Å²) in [5.41, 5.74) is 1.86. The van der Waals surface area contributed by atoms with Crippen LogP contribution >= 0.6 is 11.8 Å². The van der Waals surface area contributed by atoms with E-state index in [1.165, 1.54) is 35.0 Å². The second kappa shape index (κ2) is 8.52. The molecule has 2 aromatic heterocycles. The zero-order chi connectivity index (χ0) is 22.0. The molecule has 0 aliphatic carbocycles. The molecular weight excluding hydrogens is 418 g/mol. The molecule has 4 rings (SSSR count). The van der Waals surface area contributed by atoms with E-state index in [2.05, 4.69) is 15.2 Å². The summed E-state index contributed by atoms with van der Waals surface area (Å²) in [6.45, 7) is 2.04. The van der Waals surface area contributed by atoms with Gasteiger partial charge in [0.2, 0.25) is 0 Å². The molecule has 0 saturated heterocycles. The van der Waals surface area contributed by atoms with E-state index in [0.717, 1.165) is 23.7 Å². The number of rotatable bonds is 7. The van der Waals surface area contributed by atoms with Crippen LogP contribution in [-0.2, 0) is 6.42 Å². The van der Waals surface area contributed by atoms with Gasteiger partial charge in [0.15, 0.2) is 16.6 Å². The normalized spacial score (nSPS) is 11.0. The van der Waals surface area contributed by atoms with Crippen molar-refractivity contribution in [3.63, 3.8) is 0 Å². The molecule has 0 amide bonds.